The molecular formula is C17H22FN3O3. The Morgan fingerprint density at radius 1 is 1.38 bits per heavy atom. The van der Waals surface area contributed by atoms with Crippen LogP contribution in [-0.2, 0) is 9.53 Å². The monoisotopic (exact) mass is 335 g/mol. The molecule has 2 atom stereocenters. The minimum atomic E-state index is -0.577. The largest absolute Gasteiger partial charge is 0.384 e. The maximum atomic E-state index is 14.5. The van der Waals surface area contributed by atoms with Gasteiger partial charge in [-0.3, -0.25) is 9.59 Å². The van der Waals surface area contributed by atoms with Gasteiger partial charge in [0.25, 0.3) is 5.91 Å². The first-order chi connectivity index (χ1) is 11.6. The number of nitrogens with one attached hydrogen (secondary N) is 2. The lowest BCUT2D eigenvalue weighted by Gasteiger charge is -2.27. The van der Waals surface area contributed by atoms with Crippen molar-refractivity contribution < 1.29 is 18.7 Å². The first kappa shape index (κ1) is 16.9. The molecule has 2 aliphatic rings. The molecule has 7 heteroatoms. The number of halogens is 1. The highest BCUT2D eigenvalue weighted by Crippen LogP contribution is 2.30. The minimum Gasteiger partial charge on any atom is -0.384 e. The van der Waals surface area contributed by atoms with Gasteiger partial charge in [0.2, 0.25) is 5.91 Å². The van der Waals surface area contributed by atoms with Crippen LogP contribution in [0, 0.1) is 11.7 Å². The van der Waals surface area contributed by atoms with Gasteiger partial charge in [0.05, 0.1) is 18.1 Å². The number of nitrogens with zero attached hydrogens (tertiary/aromatic N) is 1. The second kappa shape index (κ2) is 7.27. The lowest BCUT2D eigenvalue weighted by Crippen LogP contribution is -2.46. The van der Waals surface area contributed by atoms with Crippen molar-refractivity contribution in [3.8, 4) is 0 Å². The van der Waals surface area contributed by atoms with Crippen molar-refractivity contribution in [1.82, 2.24) is 15.5 Å². The summed E-state index contributed by atoms with van der Waals surface area (Å²) in [5.74, 6) is -1.48. The molecule has 2 aliphatic heterocycles. The zero-order valence-electron chi connectivity index (χ0n) is 13.7. The number of hydrogen-bond acceptors (Lipinski definition) is 4. The molecule has 1 unspecified atom stereocenters. The number of carbonyl (C=O) groups excluding carboxylic acids is 2. The summed E-state index contributed by atoms with van der Waals surface area (Å²) in [5.41, 5.74) is 0.642. The summed E-state index contributed by atoms with van der Waals surface area (Å²) in [5, 5.41) is 5.95. The van der Waals surface area contributed by atoms with Crippen LogP contribution in [-0.4, -0.2) is 63.2 Å². The standard InChI is InChI=1S/C17H22FN3O3/c1-24-10-12-9-20-16(22)15(12)11-2-3-13(14(18)8-11)17(23)21-6-4-19-5-7-21/h2-3,8,12,15,19H,4-7,9-10H2,1H3,(H,20,22)/t12?,15-/m0/s1. The number of hydrogen-bond donors (Lipinski definition) is 2. The van der Waals surface area contributed by atoms with Gasteiger partial charge in [-0.2, -0.15) is 0 Å². The van der Waals surface area contributed by atoms with Crippen molar-refractivity contribution in [1.29, 1.82) is 0 Å². The molecule has 0 saturated carbocycles. The van der Waals surface area contributed by atoms with E-state index in [0.29, 0.717) is 44.9 Å². The number of benzene rings is 1. The molecule has 3 rings (SSSR count). The minimum absolute atomic E-state index is 0.0309. The van der Waals surface area contributed by atoms with Crippen molar-refractivity contribution >= 4 is 11.8 Å². The highest BCUT2D eigenvalue weighted by Gasteiger charge is 2.36. The SMILES string of the molecule is COCC1CNC(=O)[C@H]1c1ccc(C(=O)N2CCNCC2)c(F)c1. The molecule has 24 heavy (non-hydrogen) atoms. The highest BCUT2D eigenvalue weighted by atomic mass is 19.1. The molecule has 2 heterocycles. The molecule has 2 amide bonds. The number of amides is 2. The van der Waals surface area contributed by atoms with Gasteiger partial charge in [-0.15, -0.1) is 0 Å². The van der Waals surface area contributed by atoms with E-state index in [1.807, 2.05) is 0 Å². The van der Waals surface area contributed by atoms with Gasteiger partial charge in [-0.25, -0.2) is 4.39 Å². The lowest BCUT2D eigenvalue weighted by atomic mass is 9.88. The van der Waals surface area contributed by atoms with E-state index in [4.69, 9.17) is 4.74 Å². The van der Waals surface area contributed by atoms with E-state index in [2.05, 4.69) is 10.6 Å². The Labute approximate surface area is 140 Å². The van der Waals surface area contributed by atoms with Crippen molar-refractivity contribution in [2.45, 2.75) is 5.92 Å². The zero-order chi connectivity index (χ0) is 17.1. The summed E-state index contributed by atoms with van der Waals surface area (Å²) < 4.78 is 19.7. The Balaban J connectivity index is 1.81. The zero-order valence-corrected chi connectivity index (χ0v) is 13.7. The van der Waals surface area contributed by atoms with E-state index >= 15 is 0 Å². The smallest absolute Gasteiger partial charge is 0.256 e. The summed E-state index contributed by atoms with van der Waals surface area (Å²) in [4.78, 5) is 26.2. The molecule has 0 spiro atoms. The molecule has 0 radical (unpaired) electrons. The number of rotatable bonds is 4. The molecule has 2 saturated heterocycles. The van der Waals surface area contributed by atoms with Crippen molar-refractivity contribution in [3.63, 3.8) is 0 Å². The lowest BCUT2D eigenvalue weighted by molar-refractivity contribution is -0.120. The van der Waals surface area contributed by atoms with Gasteiger partial charge in [0, 0.05) is 45.8 Å². The Morgan fingerprint density at radius 2 is 2.12 bits per heavy atom. The number of methoxy groups -OCH3 is 1. The summed E-state index contributed by atoms with van der Waals surface area (Å²) in [6.07, 6.45) is 0. The van der Waals surface area contributed by atoms with Crippen LogP contribution >= 0.6 is 0 Å². The second-order valence-corrected chi connectivity index (χ2v) is 6.22. The van der Waals surface area contributed by atoms with Gasteiger partial charge in [-0.1, -0.05) is 6.07 Å². The van der Waals surface area contributed by atoms with E-state index in [1.54, 1.807) is 18.1 Å². The topological polar surface area (TPSA) is 70.7 Å². The number of piperazine rings is 1. The summed E-state index contributed by atoms with van der Waals surface area (Å²) in [7, 11) is 1.58. The van der Waals surface area contributed by atoms with Crippen molar-refractivity contribution in [2.75, 3.05) is 46.4 Å². The predicted octanol–water partition coefficient (Wildman–Crippen LogP) is 0.347. The highest BCUT2D eigenvalue weighted by molar-refractivity contribution is 5.95. The first-order valence-electron chi connectivity index (χ1n) is 8.18. The van der Waals surface area contributed by atoms with E-state index in [9.17, 15) is 14.0 Å². The van der Waals surface area contributed by atoms with Crippen LogP contribution in [0.1, 0.15) is 21.8 Å². The summed E-state index contributed by atoms with van der Waals surface area (Å²) >= 11 is 0. The Kier molecular flexibility index (Phi) is 5.11. The van der Waals surface area contributed by atoms with Crippen LogP contribution in [0.5, 0.6) is 0 Å². The third kappa shape index (κ3) is 3.27. The second-order valence-electron chi connectivity index (χ2n) is 6.22. The van der Waals surface area contributed by atoms with Crippen molar-refractivity contribution in [2.24, 2.45) is 5.92 Å². The fourth-order valence-electron chi connectivity index (χ4n) is 3.40. The van der Waals surface area contributed by atoms with Crippen LogP contribution in [0.25, 0.3) is 0 Å². The fourth-order valence-corrected chi connectivity index (χ4v) is 3.40. The third-order valence-corrected chi connectivity index (χ3v) is 4.66. The van der Waals surface area contributed by atoms with Crippen LogP contribution in [0.2, 0.25) is 0 Å². The molecule has 1 aromatic carbocycles. The maximum Gasteiger partial charge on any atom is 0.256 e. The molecule has 0 aromatic heterocycles. The van der Waals surface area contributed by atoms with Gasteiger partial charge in [0.15, 0.2) is 0 Å². The maximum absolute atomic E-state index is 14.5. The molecule has 2 N–H and O–H groups in total. The van der Waals surface area contributed by atoms with Gasteiger partial charge in [-0.05, 0) is 17.7 Å². The summed E-state index contributed by atoms with van der Waals surface area (Å²) in [6, 6.07) is 4.48. The van der Waals surface area contributed by atoms with Gasteiger partial charge >= 0.3 is 0 Å². The van der Waals surface area contributed by atoms with Gasteiger partial charge in [0.1, 0.15) is 5.82 Å². The van der Waals surface area contributed by atoms with Crippen LogP contribution in [0.3, 0.4) is 0 Å². The average molecular weight is 335 g/mol. The van der Waals surface area contributed by atoms with Crippen LogP contribution in [0.4, 0.5) is 4.39 Å². The normalized spacial score (nSPS) is 24.1. The molecule has 1 aromatic rings. The fraction of sp³-hybridized carbons (Fsp3) is 0.529. The Hall–Kier alpha value is -1.99. The summed E-state index contributed by atoms with van der Waals surface area (Å²) in [6.45, 7) is 3.51. The number of ether oxygens (including phenoxy) is 1. The van der Waals surface area contributed by atoms with Crippen LogP contribution in [0.15, 0.2) is 18.2 Å². The molecular weight excluding hydrogens is 313 g/mol. The quantitative estimate of drug-likeness (QED) is 0.833. The first-order valence-corrected chi connectivity index (χ1v) is 8.18. The average Bonchev–Trinajstić information content (AvgIpc) is 2.96. The van der Waals surface area contributed by atoms with Crippen molar-refractivity contribution in [3.05, 3.63) is 35.1 Å². The van der Waals surface area contributed by atoms with E-state index in [1.165, 1.54) is 12.1 Å². The van der Waals surface area contributed by atoms with E-state index in [-0.39, 0.29) is 23.3 Å². The molecule has 130 valence electrons. The number of carbonyl (C=O) groups is 2. The molecule has 6 nitrogen and oxygen atoms in total. The third-order valence-electron chi connectivity index (χ3n) is 4.66. The van der Waals surface area contributed by atoms with E-state index < -0.39 is 11.7 Å². The van der Waals surface area contributed by atoms with Gasteiger partial charge < -0.3 is 20.3 Å². The molecule has 2 fully saturated rings. The molecule has 0 bridgehead atoms. The van der Waals surface area contributed by atoms with E-state index in [0.717, 1.165) is 0 Å². The van der Waals surface area contributed by atoms with Crippen LogP contribution < -0.4 is 10.6 Å². The Bertz CT molecular complexity index is 632. The Morgan fingerprint density at radius 3 is 2.79 bits per heavy atom. The predicted molar refractivity (Wildman–Crippen MR) is 86.3 cm³/mol. The molecule has 0 aliphatic carbocycles.